The van der Waals surface area contributed by atoms with Crippen LogP contribution < -0.4 is 4.72 Å². The Hall–Kier alpha value is -1.09. The Kier molecular flexibility index (Phi) is 3.86. The molecular formula is C11H12BrNO5S. The quantitative estimate of drug-likeness (QED) is 0.712. The lowest BCUT2D eigenvalue weighted by molar-refractivity contribution is -0.118. The number of benzene rings is 1. The van der Waals surface area contributed by atoms with Gasteiger partial charge in [-0.15, -0.1) is 10.8 Å². The Morgan fingerprint density at radius 2 is 2.21 bits per heavy atom. The molecule has 0 saturated carbocycles. The minimum atomic E-state index is -3.20. The van der Waals surface area contributed by atoms with E-state index in [1.165, 1.54) is 19.2 Å². The molecule has 1 amide bonds. The van der Waals surface area contributed by atoms with E-state index in [4.69, 9.17) is 0 Å². The van der Waals surface area contributed by atoms with Crippen LogP contribution in [0.3, 0.4) is 0 Å². The fourth-order valence-electron chi connectivity index (χ4n) is 1.89. The van der Waals surface area contributed by atoms with E-state index in [2.05, 4.69) is 25.4 Å². The lowest BCUT2D eigenvalue weighted by Crippen LogP contribution is -2.18. The van der Waals surface area contributed by atoms with E-state index in [0.717, 1.165) is 0 Å². The Morgan fingerprint density at radius 3 is 2.68 bits per heavy atom. The standard InChI is InChI=1S/C11H12BrNO5S/c1-18-11(15)6-2-3-7(8(12)4-6)9-5-10(14)13-19(9,16)17/h2-4,9,16-17H,5H2,1H3,(H,13,14). The van der Waals surface area contributed by atoms with Crippen molar-refractivity contribution in [2.75, 3.05) is 7.11 Å². The third kappa shape index (κ3) is 2.76. The number of rotatable bonds is 2. The zero-order chi connectivity index (χ0) is 14.2. The van der Waals surface area contributed by atoms with Crippen LogP contribution in [-0.4, -0.2) is 28.1 Å². The van der Waals surface area contributed by atoms with Crippen LogP contribution in [0.15, 0.2) is 22.7 Å². The number of methoxy groups -OCH3 is 1. The number of ether oxygens (including phenoxy) is 1. The summed E-state index contributed by atoms with van der Waals surface area (Å²) in [7, 11) is -1.92. The third-order valence-corrected chi connectivity index (χ3v) is 5.23. The average molecular weight is 350 g/mol. The van der Waals surface area contributed by atoms with Crippen LogP contribution >= 0.6 is 26.7 Å². The molecule has 104 valence electrons. The topological polar surface area (TPSA) is 95.9 Å². The summed E-state index contributed by atoms with van der Waals surface area (Å²) in [4.78, 5) is 22.7. The van der Waals surface area contributed by atoms with E-state index >= 15 is 0 Å². The Balaban J connectivity index is 2.37. The number of amides is 1. The molecule has 1 aliphatic rings. The summed E-state index contributed by atoms with van der Waals surface area (Å²) < 4.78 is 26.9. The molecule has 1 atom stereocenters. The highest BCUT2D eigenvalue weighted by Gasteiger charge is 2.39. The maximum atomic E-state index is 11.4. The van der Waals surface area contributed by atoms with Crippen molar-refractivity contribution in [2.24, 2.45) is 0 Å². The Morgan fingerprint density at radius 1 is 1.53 bits per heavy atom. The second-order valence-corrected chi connectivity index (χ2v) is 6.85. The monoisotopic (exact) mass is 349 g/mol. The van der Waals surface area contributed by atoms with E-state index in [0.29, 0.717) is 15.6 Å². The fourth-order valence-corrected chi connectivity index (χ4v) is 4.20. The van der Waals surface area contributed by atoms with Gasteiger partial charge in [0.25, 0.3) is 0 Å². The fraction of sp³-hybridized carbons (Fsp3) is 0.273. The SMILES string of the molecule is COC(=O)c1ccc(C2CC(=O)NS2(O)O)c(Br)c1. The second kappa shape index (κ2) is 5.12. The van der Waals surface area contributed by atoms with E-state index < -0.39 is 27.9 Å². The van der Waals surface area contributed by atoms with Crippen LogP contribution in [0.25, 0.3) is 0 Å². The largest absolute Gasteiger partial charge is 0.465 e. The molecule has 1 saturated heterocycles. The maximum absolute atomic E-state index is 11.4. The van der Waals surface area contributed by atoms with Crippen molar-refractivity contribution in [1.82, 2.24) is 4.72 Å². The third-order valence-electron chi connectivity index (χ3n) is 2.80. The Labute approximate surface area is 119 Å². The smallest absolute Gasteiger partial charge is 0.337 e. The first-order valence-corrected chi connectivity index (χ1v) is 7.71. The number of carbonyl (C=O) groups excluding carboxylic acids is 2. The van der Waals surface area contributed by atoms with Crippen molar-refractivity contribution < 1.29 is 23.4 Å². The van der Waals surface area contributed by atoms with Crippen molar-refractivity contribution in [1.29, 1.82) is 0 Å². The maximum Gasteiger partial charge on any atom is 0.337 e. The summed E-state index contributed by atoms with van der Waals surface area (Å²) in [5.41, 5.74) is 0.901. The van der Waals surface area contributed by atoms with Crippen LogP contribution in [0.1, 0.15) is 27.6 Å². The van der Waals surface area contributed by atoms with Crippen LogP contribution in [0, 0.1) is 0 Å². The van der Waals surface area contributed by atoms with Gasteiger partial charge in [0, 0.05) is 4.47 Å². The molecule has 0 radical (unpaired) electrons. The summed E-state index contributed by atoms with van der Waals surface area (Å²) in [5.74, 6) is -0.895. The van der Waals surface area contributed by atoms with E-state index in [1.54, 1.807) is 6.07 Å². The van der Waals surface area contributed by atoms with Gasteiger partial charge in [0.05, 0.1) is 19.1 Å². The summed E-state index contributed by atoms with van der Waals surface area (Å²) >= 11 is 3.27. The molecule has 19 heavy (non-hydrogen) atoms. The Bertz CT molecular complexity index is 548. The first kappa shape index (κ1) is 14.3. The molecule has 1 unspecified atom stereocenters. The second-order valence-electron chi connectivity index (χ2n) is 4.04. The minimum Gasteiger partial charge on any atom is -0.465 e. The van der Waals surface area contributed by atoms with Crippen molar-refractivity contribution in [3.05, 3.63) is 33.8 Å². The number of hydrogen-bond acceptors (Lipinski definition) is 5. The van der Waals surface area contributed by atoms with Gasteiger partial charge in [-0.1, -0.05) is 22.0 Å². The molecule has 6 nitrogen and oxygen atoms in total. The zero-order valence-electron chi connectivity index (χ0n) is 9.92. The molecule has 0 bridgehead atoms. The highest BCUT2D eigenvalue weighted by molar-refractivity contribution is 9.10. The van der Waals surface area contributed by atoms with Crippen LogP contribution in [0.4, 0.5) is 0 Å². The van der Waals surface area contributed by atoms with Gasteiger partial charge >= 0.3 is 5.97 Å². The molecule has 1 aromatic carbocycles. The number of esters is 1. The number of nitrogens with one attached hydrogen (secondary N) is 1. The summed E-state index contributed by atoms with van der Waals surface area (Å²) in [6.07, 6.45) is -0.00148. The van der Waals surface area contributed by atoms with E-state index in [1.807, 2.05) is 0 Å². The van der Waals surface area contributed by atoms with Gasteiger partial charge in [0.15, 0.2) is 0 Å². The van der Waals surface area contributed by atoms with Crippen LogP contribution in [0.5, 0.6) is 0 Å². The molecule has 2 rings (SSSR count). The van der Waals surface area contributed by atoms with Crippen LogP contribution in [-0.2, 0) is 9.53 Å². The number of halogens is 1. The molecule has 0 aliphatic carbocycles. The van der Waals surface area contributed by atoms with Crippen molar-refractivity contribution >= 4 is 38.6 Å². The number of hydrogen-bond donors (Lipinski definition) is 3. The lowest BCUT2D eigenvalue weighted by atomic mass is 10.1. The zero-order valence-corrected chi connectivity index (χ0v) is 12.3. The summed E-state index contributed by atoms with van der Waals surface area (Å²) in [6.45, 7) is 0. The molecule has 3 N–H and O–H groups in total. The minimum absolute atomic E-state index is 0.00148. The average Bonchev–Trinajstić information content (AvgIpc) is 2.61. The molecule has 8 heteroatoms. The predicted molar refractivity (Wildman–Crippen MR) is 73.8 cm³/mol. The van der Waals surface area contributed by atoms with Gasteiger partial charge in [0.1, 0.15) is 5.25 Å². The van der Waals surface area contributed by atoms with E-state index in [-0.39, 0.29) is 6.42 Å². The summed E-state index contributed by atoms with van der Waals surface area (Å²) in [5, 5.41) is -0.721. The van der Waals surface area contributed by atoms with Gasteiger partial charge in [0.2, 0.25) is 5.91 Å². The van der Waals surface area contributed by atoms with E-state index in [9.17, 15) is 18.7 Å². The molecule has 0 spiro atoms. The molecule has 1 heterocycles. The predicted octanol–water partition coefficient (Wildman–Crippen LogP) is 2.46. The van der Waals surface area contributed by atoms with Gasteiger partial charge in [-0.05, 0) is 17.7 Å². The number of carbonyl (C=O) groups is 2. The van der Waals surface area contributed by atoms with Gasteiger partial charge in [-0.3, -0.25) is 18.6 Å². The molecule has 1 fully saturated rings. The van der Waals surface area contributed by atoms with Gasteiger partial charge in [-0.25, -0.2) is 4.79 Å². The first-order chi connectivity index (χ1) is 8.85. The van der Waals surface area contributed by atoms with Gasteiger partial charge in [-0.2, -0.15) is 0 Å². The van der Waals surface area contributed by atoms with Crippen molar-refractivity contribution in [3.8, 4) is 0 Å². The van der Waals surface area contributed by atoms with Gasteiger partial charge < -0.3 is 4.74 Å². The molecular weight excluding hydrogens is 338 g/mol. The normalized spacial score (nSPS) is 22.7. The highest BCUT2D eigenvalue weighted by atomic mass is 79.9. The van der Waals surface area contributed by atoms with Crippen molar-refractivity contribution in [2.45, 2.75) is 11.7 Å². The lowest BCUT2D eigenvalue weighted by Gasteiger charge is -2.33. The van der Waals surface area contributed by atoms with Crippen molar-refractivity contribution in [3.63, 3.8) is 0 Å². The molecule has 1 aromatic rings. The highest BCUT2D eigenvalue weighted by Crippen LogP contribution is 2.57. The first-order valence-electron chi connectivity index (χ1n) is 5.30. The van der Waals surface area contributed by atoms with Crippen LogP contribution in [0.2, 0.25) is 0 Å². The molecule has 1 aliphatic heterocycles. The molecule has 0 aromatic heterocycles. The summed E-state index contributed by atoms with van der Waals surface area (Å²) in [6, 6.07) is 4.62.